The average molecular weight is 429 g/mol. The zero-order valence-corrected chi connectivity index (χ0v) is 20.2. The molecule has 0 aliphatic rings. The first-order valence-corrected chi connectivity index (χ1v) is 12.2. The maximum absolute atomic E-state index is 2.38. The van der Waals surface area contributed by atoms with Gasteiger partial charge in [-0.15, -0.1) is 0 Å². The second kappa shape index (κ2) is 6.67. The molecule has 2 heteroatoms. The maximum Gasteiger partial charge on any atom is 0.239 e. The molecule has 0 saturated heterocycles. The molecule has 5 aromatic rings. The van der Waals surface area contributed by atoms with Crippen LogP contribution in [0, 0.1) is 0 Å². The van der Waals surface area contributed by atoms with E-state index in [4.69, 9.17) is 0 Å². The van der Waals surface area contributed by atoms with Crippen molar-refractivity contribution in [1.82, 2.24) is 0 Å². The number of rotatable bonds is 0. The van der Waals surface area contributed by atoms with Gasteiger partial charge in [0.2, 0.25) is 41.5 Å². The van der Waals surface area contributed by atoms with E-state index in [0.29, 0.717) is 0 Å². The summed E-state index contributed by atoms with van der Waals surface area (Å²) in [5.41, 5.74) is 3.13. The predicted molar refractivity (Wildman–Crippen MR) is 138 cm³/mol. The molecule has 0 N–H and O–H groups in total. The molecule has 2 heterocycles. The van der Waals surface area contributed by atoms with Crippen molar-refractivity contribution >= 4 is 63.0 Å². The van der Waals surface area contributed by atoms with Crippen molar-refractivity contribution < 1.29 is 0 Å². The van der Waals surface area contributed by atoms with Gasteiger partial charge in [-0.3, -0.25) is 0 Å². The van der Waals surface area contributed by atoms with Crippen LogP contribution in [0.25, 0.3) is 40.3 Å². The van der Waals surface area contributed by atoms with Crippen LogP contribution < -0.4 is 0 Å². The summed E-state index contributed by atoms with van der Waals surface area (Å²) in [4.78, 5) is 0. The van der Waals surface area contributed by atoms with Crippen LogP contribution in [0.1, 0.15) is 52.7 Å². The highest BCUT2D eigenvalue weighted by atomic mass is 32.1. The van der Waals surface area contributed by atoms with Gasteiger partial charge < -0.3 is 0 Å². The molecule has 0 bridgehead atoms. The highest BCUT2D eigenvalue weighted by Gasteiger charge is 2.21. The molecular formula is C28H28S2+2. The smallest absolute Gasteiger partial charge is 0.0561 e. The summed E-state index contributed by atoms with van der Waals surface area (Å²) in [5.74, 6) is 0. The van der Waals surface area contributed by atoms with Crippen LogP contribution in [0.3, 0.4) is 0 Å². The first kappa shape index (κ1) is 19.8. The zero-order valence-electron chi connectivity index (χ0n) is 18.6. The summed E-state index contributed by atoms with van der Waals surface area (Å²) in [6.45, 7) is 13.7. The molecule has 3 aromatic carbocycles. The van der Waals surface area contributed by atoms with Gasteiger partial charge >= 0.3 is 0 Å². The maximum atomic E-state index is 2.38. The first-order valence-electron chi connectivity index (χ1n) is 10.6. The van der Waals surface area contributed by atoms with Crippen molar-refractivity contribution in [2.24, 2.45) is 0 Å². The fourth-order valence-corrected chi connectivity index (χ4v) is 6.07. The summed E-state index contributed by atoms with van der Waals surface area (Å²) in [7, 11) is 0. The van der Waals surface area contributed by atoms with Crippen molar-refractivity contribution in [3.63, 3.8) is 0 Å². The van der Waals surface area contributed by atoms with E-state index in [9.17, 15) is 0 Å². The molecule has 0 aliphatic heterocycles. The van der Waals surface area contributed by atoms with Crippen LogP contribution >= 0.6 is 22.7 Å². The number of hydrogen-bond acceptors (Lipinski definition) is 0. The minimum absolute atomic E-state index is 0.171. The molecular weight excluding hydrogens is 400 g/mol. The Labute approximate surface area is 186 Å². The largest absolute Gasteiger partial charge is 0.239 e. The van der Waals surface area contributed by atoms with Crippen LogP contribution in [-0.4, -0.2) is 0 Å². The molecule has 150 valence electrons. The van der Waals surface area contributed by atoms with Crippen molar-refractivity contribution in [3.8, 4) is 0 Å². The molecule has 30 heavy (non-hydrogen) atoms. The summed E-state index contributed by atoms with van der Waals surface area (Å²) < 4.78 is 5.43. The number of fused-ring (bicyclic) bond motifs is 4. The van der Waals surface area contributed by atoms with Gasteiger partial charge in [-0.1, -0.05) is 53.7 Å². The SMILES string of the molecule is CC(C)(C)c1ccc2[s+]c3cc4cc5cc(C(C)(C)C)ccc5[s+]c4cc3cc2c1. The van der Waals surface area contributed by atoms with E-state index < -0.39 is 0 Å². The zero-order chi connectivity index (χ0) is 21.3. The number of benzene rings is 3. The van der Waals surface area contributed by atoms with E-state index in [0.717, 1.165) is 0 Å². The molecule has 5 rings (SSSR count). The van der Waals surface area contributed by atoms with E-state index in [1.54, 1.807) is 0 Å². The molecule has 2 aromatic heterocycles. The lowest BCUT2D eigenvalue weighted by atomic mass is 9.86. The van der Waals surface area contributed by atoms with Gasteiger partial charge in [0.15, 0.2) is 0 Å². The Bertz CT molecular complexity index is 1330. The predicted octanol–water partition coefficient (Wildman–Crippen LogP) is 9.58. The molecule has 0 saturated carbocycles. The molecule has 0 atom stereocenters. The van der Waals surface area contributed by atoms with E-state index in [-0.39, 0.29) is 10.8 Å². The molecule has 0 fully saturated rings. The lowest BCUT2D eigenvalue weighted by Crippen LogP contribution is -2.10. The minimum Gasteiger partial charge on any atom is -0.0561 e. The lowest BCUT2D eigenvalue weighted by Gasteiger charge is -2.18. The first-order chi connectivity index (χ1) is 14.1. The topological polar surface area (TPSA) is 0 Å². The lowest BCUT2D eigenvalue weighted by molar-refractivity contribution is 0.591. The summed E-state index contributed by atoms with van der Waals surface area (Å²) in [5, 5.41) is 5.38. The second-order valence-electron chi connectivity index (χ2n) is 10.4. The Hall–Kier alpha value is -2.16. The van der Waals surface area contributed by atoms with Crippen molar-refractivity contribution in [3.05, 3.63) is 71.8 Å². The van der Waals surface area contributed by atoms with Gasteiger partial charge in [0.05, 0.1) is 0 Å². The standard InChI is InChI=1S/C28H28S2/c1-27(2,3)21-7-9-23-17(13-21)11-19-15-26-20(16-25(19)29-23)12-18-14-22(28(4,5)6)8-10-24(18)30-26/h7-16H,1-6H3/q+2. The minimum atomic E-state index is 0.171. The number of hydrogen-bond donors (Lipinski definition) is 0. The summed E-state index contributed by atoms with van der Waals surface area (Å²) in [6, 6.07) is 23.4. The van der Waals surface area contributed by atoms with E-state index in [2.05, 4.69) is 102 Å². The Morgan fingerprint density at radius 2 is 0.800 bits per heavy atom. The van der Waals surface area contributed by atoms with Crippen LogP contribution in [0.15, 0.2) is 60.7 Å². The van der Waals surface area contributed by atoms with Gasteiger partial charge in [0, 0.05) is 45.8 Å². The van der Waals surface area contributed by atoms with E-state index >= 15 is 0 Å². The molecule has 0 amide bonds. The Kier molecular flexibility index (Phi) is 4.40. The quantitative estimate of drug-likeness (QED) is 0.170. The van der Waals surface area contributed by atoms with Crippen LogP contribution in [-0.2, 0) is 10.8 Å². The van der Waals surface area contributed by atoms with Crippen molar-refractivity contribution in [2.75, 3.05) is 0 Å². The fourth-order valence-electron chi connectivity index (χ4n) is 4.01. The Balaban J connectivity index is 1.74. The van der Waals surface area contributed by atoms with Gasteiger partial charge in [-0.25, -0.2) is 0 Å². The van der Waals surface area contributed by atoms with E-state index in [1.165, 1.54) is 51.5 Å². The Morgan fingerprint density at radius 1 is 0.433 bits per heavy atom. The van der Waals surface area contributed by atoms with Crippen LogP contribution in [0.2, 0.25) is 0 Å². The highest BCUT2D eigenvalue weighted by Crippen LogP contribution is 2.37. The second-order valence-corrected chi connectivity index (χ2v) is 12.6. The van der Waals surface area contributed by atoms with Crippen LogP contribution in [0.5, 0.6) is 0 Å². The van der Waals surface area contributed by atoms with Gasteiger partial charge in [0.1, 0.15) is 0 Å². The third-order valence-corrected chi connectivity index (χ3v) is 8.29. The van der Waals surface area contributed by atoms with Crippen LogP contribution in [0.4, 0.5) is 0 Å². The van der Waals surface area contributed by atoms with Crippen molar-refractivity contribution in [2.45, 2.75) is 52.4 Å². The van der Waals surface area contributed by atoms with E-state index in [1.807, 2.05) is 22.7 Å². The molecule has 0 spiro atoms. The van der Waals surface area contributed by atoms with Crippen molar-refractivity contribution in [1.29, 1.82) is 0 Å². The van der Waals surface area contributed by atoms with Gasteiger partial charge in [-0.05, 0) is 46.2 Å². The average Bonchev–Trinajstić information content (AvgIpc) is 2.66. The molecule has 0 nitrogen and oxygen atoms in total. The summed E-state index contributed by atoms with van der Waals surface area (Å²) in [6.07, 6.45) is 0. The third-order valence-electron chi connectivity index (χ3n) is 5.96. The normalized spacial score (nSPS) is 13.0. The van der Waals surface area contributed by atoms with Gasteiger partial charge in [0.25, 0.3) is 0 Å². The Morgan fingerprint density at radius 3 is 1.17 bits per heavy atom. The monoisotopic (exact) mass is 428 g/mol. The fraction of sp³-hybridized carbons (Fsp3) is 0.286. The summed E-state index contributed by atoms with van der Waals surface area (Å²) >= 11 is 3.81. The highest BCUT2D eigenvalue weighted by molar-refractivity contribution is 7.26. The molecule has 0 radical (unpaired) electrons. The third kappa shape index (κ3) is 3.46. The molecule has 0 unspecified atom stereocenters. The van der Waals surface area contributed by atoms with Gasteiger partial charge in [-0.2, -0.15) is 0 Å². The molecule has 0 aliphatic carbocycles.